The van der Waals surface area contributed by atoms with Crippen molar-refractivity contribution in [3.05, 3.63) is 35.4 Å². The average Bonchev–Trinajstić information content (AvgIpc) is 2.36. The van der Waals surface area contributed by atoms with Crippen LogP contribution in [0.3, 0.4) is 0 Å². The molecule has 0 aliphatic rings. The van der Waals surface area contributed by atoms with E-state index in [4.69, 9.17) is 0 Å². The molecule has 0 saturated carbocycles. The van der Waals surface area contributed by atoms with Gasteiger partial charge in [-0.1, -0.05) is 6.07 Å². The Kier molecular flexibility index (Phi) is 6.35. The summed E-state index contributed by atoms with van der Waals surface area (Å²) in [5, 5.41) is 2.90. The lowest BCUT2D eigenvalue weighted by Gasteiger charge is -2.17. The second-order valence-electron chi connectivity index (χ2n) is 4.39. The molecule has 1 aromatic rings. The van der Waals surface area contributed by atoms with E-state index in [1.165, 1.54) is 6.07 Å². The fourth-order valence-corrected chi connectivity index (χ4v) is 1.71. The normalized spacial score (nSPS) is 13.5. The van der Waals surface area contributed by atoms with Crippen LogP contribution in [0.15, 0.2) is 18.2 Å². The number of hydrogen-bond donors (Lipinski definition) is 1. The molecule has 0 aliphatic carbocycles. The average molecular weight is 297 g/mol. The molecule has 0 bridgehead atoms. The number of ether oxygens (including phenoxy) is 1. The number of likely N-dealkylation sites (N-methyl/N-ethyl adjacent to an activating group) is 1. The van der Waals surface area contributed by atoms with Gasteiger partial charge in [-0.05, 0) is 37.6 Å². The molecule has 0 amide bonds. The first kappa shape index (κ1) is 16.8. The standard InChI is InChI=1S/C13H16F5NO/c1-19-10(4-5-20-8-13(16,17)18)6-9-2-3-11(14)12(15)7-9/h2-3,7,10,19H,4-6,8H2,1H3. The van der Waals surface area contributed by atoms with Crippen LogP contribution in [0.5, 0.6) is 0 Å². The fraction of sp³-hybridized carbons (Fsp3) is 0.538. The zero-order chi connectivity index (χ0) is 15.2. The summed E-state index contributed by atoms with van der Waals surface area (Å²) in [5.41, 5.74) is 0.569. The van der Waals surface area contributed by atoms with Crippen LogP contribution < -0.4 is 5.32 Å². The maximum absolute atomic E-state index is 13.0. The van der Waals surface area contributed by atoms with Gasteiger partial charge in [0.2, 0.25) is 0 Å². The Hall–Kier alpha value is -1.21. The largest absolute Gasteiger partial charge is 0.411 e. The highest BCUT2D eigenvalue weighted by molar-refractivity contribution is 5.18. The third-order valence-corrected chi connectivity index (χ3v) is 2.75. The molecule has 20 heavy (non-hydrogen) atoms. The van der Waals surface area contributed by atoms with Gasteiger partial charge in [0.05, 0.1) is 0 Å². The van der Waals surface area contributed by atoms with Crippen molar-refractivity contribution in [1.29, 1.82) is 0 Å². The lowest BCUT2D eigenvalue weighted by atomic mass is 10.0. The van der Waals surface area contributed by atoms with Crippen molar-refractivity contribution in [2.24, 2.45) is 0 Å². The van der Waals surface area contributed by atoms with Gasteiger partial charge in [0.1, 0.15) is 6.61 Å². The van der Waals surface area contributed by atoms with E-state index in [9.17, 15) is 22.0 Å². The van der Waals surface area contributed by atoms with Gasteiger partial charge in [0, 0.05) is 12.6 Å². The highest BCUT2D eigenvalue weighted by atomic mass is 19.4. The SMILES string of the molecule is CNC(CCOCC(F)(F)F)Cc1ccc(F)c(F)c1. The van der Waals surface area contributed by atoms with Crippen LogP contribution >= 0.6 is 0 Å². The quantitative estimate of drug-likeness (QED) is 0.617. The number of alkyl halides is 3. The van der Waals surface area contributed by atoms with Crippen LogP contribution in [0.25, 0.3) is 0 Å². The van der Waals surface area contributed by atoms with Gasteiger partial charge in [-0.25, -0.2) is 8.78 Å². The molecule has 1 atom stereocenters. The number of hydrogen-bond acceptors (Lipinski definition) is 2. The van der Waals surface area contributed by atoms with Crippen LogP contribution in [0.1, 0.15) is 12.0 Å². The van der Waals surface area contributed by atoms with E-state index >= 15 is 0 Å². The summed E-state index contributed by atoms with van der Waals surface area (Å²) in [6.45, 7) is -1.34. The summed E-state index contributed by atoms with van der Waals surface area (Å²) in [6, 6.07) is 3.38. The van der Waals surface area contributed by atoms with Gasteiger partial charge in [-0.3, -0.25) is 0 Å². The molecule has 0 radical (unpaired) electrons. The monoisotopic (exact) mass is 297 g/mol. The summed E-state index contributed by atoms with van der Waals surface area (Å²) in [4.78, 5) is 0. The third-order valence-electron chi connectivity index (χ3n) is 2.75. The Morgan fingerprint density at radius 1 is 1.20 bits per heavy atom. The first-order valence-electron chi connectivity index (χ1n) is 6.07. The topological polar surface area (TPSA) is 21.3 Å². The van der Waals surface area contributed by atoms with Crippen LogP contribution in [0, 0.1) is 11.6 Å². The van der Waals surface area contributed by atoms with Gasteiger partial charge >= 0.3 is 6.18 Å². The number of nitrogens with one attached hydrogen (secondary N) is 1. The van der Waals surface area contributed by atoms with Crippen molar-refractivity contribution in [3.8, 4) is 0 Å². The molecule has 7 heteroatoms. The van der Waals surface area contributed by atoms with Crippen LogP contribution in [0.2, 0.25) is 0 Å². The van der Waals surface area contributed by atoms with Crippen LogP contribution in [-0.2, 0) is 11.2 Å². The molecule has 1 unspecified atom stereocenters. The molecular formula is C13H16F5NO. The van der Waals surface area contributed by atoms with Gasteiger partial charge < -0.3 is 10.1 Å². The Balaban J connectivity index is 2.41. The second-order valence-corrected chi connectivity index (χ2v) is 4.39. The minimum atomic E-state index is -4.34. The number of benzene rings is 1. The van der Waals surface area contributed by atoms with Gasteiger partial charge in [-0.2, -0.15) is 13.2 Å². The maximum atomic E-state index is 13.0. The Labute approximate surface area is 113 Å². The van der Waals surface area contributed by atoms with E-state index in [0.29, 0.717) is 18.4 Å². The van der Waals surface area contributed by atoms with E-state index in [1.807, 2.05) is 0 Å². The Morgan fingerprint density at radius 3 is 2.45 bits per heavy atom. The van der Waals surface area contributed by atoms with E-state index in [-0.39, 0.29) is 12.6 Å². The van der Waals surface area contributed by atoms with E-state index in [1.54, 1.807) is 7.05 Å². The second kappa shape index (κ2) is 7.54. The predicted molar refractivity (Wildman–Crippen MR) is 64.4 cm³/mol. The fourth-order valence-electron chi connectivity index (χ4n) is 1.71. The molecule has 0 spiro atoms. The smallest absolute Gasteiger partial charge is 0.372 e. The lowest BCUT2D eigenvalue weighted by molar-refractivity contribution is -0.174. The molecule has 0 heterocycles. The van der Waals surface area contributed by atoms with E-state index < -0.39 is 24.4 Å². The zero-order valence-corrected chi connectivity index (χ0v) is 10.9. The Bertz CT molecular complexity index is 422. The van der Waals surface area contributed by atoms with E-state index in [2.05, 4.69) is 10.1 Å². The third kappa shape index (κ3) is 6.29. The van der Waals surface area contributed by atoms with Gasteiger partial charge in [0.15, 0.2) is 11.6 Å². The molecular weight excluding hydrogens is 281 g/mol. The summed E-state index contributed by atoms with van der Waals surface area (Å²) in [6.07, 6.45) is -3.62. The van der Waals surface area contributed by atoms with Gasteiger partial charge in [0.25, 0.3) is 0 Å². The molecule has 0 saturated heterocycles. The highest BCUT2D eigenvalue weighted by Gasteiger charge is 2.27. The van der Waals surface area contributed by atoms with Crippen molar-refractivity contribution in [2.45, 2.75) is 25.1 Å². The van der Waals surface area contributed by atoms with Crippen molar-refractivity contribution in [1.82, 2.24) is 5.32 Å². The molecule has 0 fully saturated rings. The molecule has 1 rings (SSSR count). The maximum Gasteiger partial charge on any atom is 0.411 e. The van der Waals surface area contributed by atoms with Crippen LogP contribution in [0.4, 0.5) is 22.0 Å². The molecule has 0 aromatic heterocycles. The zero-order valence-electron chi connectivity index (χ0n) is 10.9. The van der Waals surface area contributed by atoms with Crippen LogP contribution in [-0.4, -0.2) is 32.5 Å². The summed E-state index contributed by atoms with van der Waals surface area (Å²) in [7, 11) is 1.65. The van der Waals surface area contributed by atoms with Crippen molar-refractivity contribution in [3.63, 3.8) is 0 Å². The minimum absolute atomic E-state index is 0.0608. The first-order chi connectivity index (χ1) is 9.31. The predicted octanol–water partition coefficient (Wildman–Crippen LogP) is 3.06. The summed E-state index contributed by atoms with van der Waals surface area (Å²) in [5.74, 6) is -1.87. The molecule has 0 aliphatic heterocycles. The Morgan fingerprint density at radius 2 is 1.90 bits per heavy atom. The molecule has 2 nitrogen and oxygen atoms in total. The lowest BCUT2D eigenvalue weighted by Crippen LogP contribution is -2.30. The minimum Gasteiger partial charge on any atom is -0.372 e. The van der Waals surface area contributed by atoms with Crippen molar-refractivity contribution >= 4 is 0 Å². The number of halogens is 5. The van der Waals surface area contributed by atoms with Crippen molar-refractivity contribution in [2.75, 3.05) is 20.3 Å². The summed E-state index contributed by atoms with van der Waals surface area (Å²) < 4.78 is 65.9. The highest BCUT2D eigenvalue weighted by Crippen LogP contribution is 2.15. The molecule has 1 N–H and O–H groups in total. The molecule has 114 valence electrons. The first-order valence-corrected chi connectivity index (χ1v) is 6.07. The molecule has 1 aromatic carbocycles. The van der Waals surface area contributed by atoms with Crippen molar-refractivity contribution < 1.29 is 26.7 Å². The number of rotatable bonds is 7. The van der Waals surface area contributed by atoms with E-state index in [0.717, 1.165) is 12.1 Å². The summed E-state index contributed by atoms with van der Waals surface area (Å²) >= 11 is 0. The van der Waals surface area contributed by atoms with Gasteiger partial charge in [-0.15, -0.1) is 0 Å².